The Hall–Kier alpha value is -2.68. The lowest BCUT2D eigenvalue weighted by atomic mass is 10.3. The van der Waals surface area contributed by atoms with Crippen LogP contribution in [0.4, 0.5) is 0 Å². The molecule has 26 heavy (non-hydrogen) atoms. The minimum atomic E-state index is -0.0857. The van der Waals surface area contributed by atoms with Crippen LogP contribution in [0.5, 0.6) is 0 Å². The van der Waals surface area contributed by atoms with Gasteiger partial charge in [-0.2, -0.15) is 10.2 Å². The fourth-order valence-corrected chi connectivity index (χ4v) is 2.65. The smallest absolute Gasteiger partial charge is 0.265 e. The Kier molecular flexibility index (Phi) is 5.67. The van der Waals surface area contributed by atoms with Crippen LogP contribution in [-0.2, 0) is 24.3 Å². The van der Waals surface area contributed by atoms with Crippen molar-refractivity contribution in [1.82, 2.24) is 35.1 Å². The topological polar surface area (TPSA) is 104 Å². The summed E-state index contributed by atoms with van der Waals surface area (Å²) in [4.78, 5) is 11.9. The molecule has 0 saturated heterocycles. The van der Waals surface area contributed by atoms with Gasteiger partial charge in [-0.25, -0.2) is 0 Å². The molecule has 0 spiro atoms. The van der Waals surface area contributed by atoms with E-state index in [4.69, 9.17) is 16.0 Å². The average molecular weight is 378 g/mol. The van der Waals surface area contributed by atoms with Crippen molar-refractivity contribution in [3.8, 4) is 11.6 Å². The fraction of sp³-hybridized carbons (Fsp3) is 0.438. The molecular formula is C16H20ClN7O2. The molecule has 0 saturated carbocycles. The molecule has 1 amide bonds. The van der Waals surface area contributed by atoms with Gasteiger partial charge in [0.2, 0.25) is 11.8 Å². The molecule has 0 aliphatic rings. The fourth-order valence-electron chi connectivity index (χ4n) is 2.50. The van der Waals surface area contributed by atoms with Crippen LogP contribution in [0.25, 0.3) is 11.6 Å². The molecular weight excluding hydrogens is 358 g/mol. The summed E-state index contributed by atoms with van der Waals surface area (Å²) in [5.41, 5.74) is 1.67. The van der Waals surface area contributed by atoms with Crippen LogP contribution in [0.3, 0.4) is 0 Å². The number of carbonyl (C=O) groups excluding carboxylic acids is 1. The lowest BCUT2D eigenvalue weighted by molar-refractivity contribution is -0.121. The Morgan fingerprint density at radius 1 is 1.38 bits per heavy atom. The van der Waals surface area contributed by atoms with Crippen molar-refractivity contribution in [2.75, 3.05) is 6.54 Å². The molecule has 138 valence electrons. The highest BCUT2D eigenvalue weighted by molar-refractivity contribution is 6.30. The largest absolute Gasteiger partial charge is 0.419 e. The number of amides is 1. The first-order chi connectivity index (χ1) is 12.5. The van der Waals surface area contributed by atoms with Crippen LogP contribution in [0.15, 0.2) is 22.9 Å². The molecule has 0 fully saturated rings. The second kappa shape index (κ2) is 8.13. The molecule has 0 unspecified atom stereocenters. The van der Waals surface area contributed by atoms with Crippen LogP contribution in [-0.4, -0.2) is 42.2 Å². The van der Waals surface area contributed by atoms with E-state index in [2.05, 4.69) is 25.7 Å². The summed E-state index contributed by atoms with van der Waals surface area (Å²) in [6.07, 6.45) is 3.91. The highest BCUT2D eigenvalue weighted by Crippen LogP contribution is 2.19. The van der Waals surface area contributed by atoms with E-state index in [9.17, 15) is 4.79 Å². The molecule has 0 bridgehead atoms. The number of hydrogen-bond acceptors (Lipinski definition) is 6. The van der Waals surface area contributed by atoms with Crippen molar-refractivity contribution >= 4 is 17.5 Å². The molecule has 3 aromatic heterocycles. The summed E-state index contributed by atoms with van der Waals surface area (Å²) in [6.45, 7) is 5.65. The number of carbonyl (C=O) groups is 1. The first-order valence-electron chi connectivity index (χ1n) is 8.37. The summed E-state index contributed by atoms with van der Waals surface area (Å²) in [5.74, 6) is 0.756. The van der Waals surface area contributed by atoms with Crippen LogP contribution in [0.1, 0.15) is 24.9 Å². The monoisotopic (exact) mass is 377 g/mol. The quantitative estimate of drug-likeness (QED) is 0.642. The van der Waals surface area contributed by atoms with Gasteiger partial charge in [0.25, 0.3) is 5.89 Å². The molecule has 0 aromatic carbocycles. The SMILES string of the molecule is CCn1nc(C)cc1-c1nnc(CCC(=O)NCCn2cc(Cl)cn2)o1. The first kappa shape index (κ1) is 18.1. The van der Waals surface area contributed by atoms with Crippen molar-refractivity contribution in [2.24, 2.45) is 0 Å². The molecule has 10 heteroatoms. The van der Waals surface area contributed by atoms with E-state index in [-0.39, 0.29) is 12.3 Å². The van der Waals surface area contributed by atoms with Gasteiger partial charge >= 0.3 is 0 Å². The average Bonchev–Trinajstić information content (AvgIpc) is 3.32. The first-order valence-corrected chi connectivity index (χ1v) is 8.75. The summed E-state index contributed by atoms with van der Waals surface area (Å²) >= 11 is 5.79. The predicted molar refractivity (Wildman–Crippen MR) is 94.5 cm³/mol. The Morgan fingerprint density at radius 3 is 2.96 bits per heavy atom. The second-order valence-corrected chi connectivity index (χ2v) is 6.20. The van der Waals surface area contributed by atoms with Gasteiger partial charge in [-0.15, -0.1) is 10.2 Å². The van der Waals surface area contributed by atoms with E-state index in [1.165, 1.54) is 0 Å². The van der Waals surface area contributed by atoms with Crippen molar-refractivity contribution in [3.05, 3.63) is 35.1 Å². The number of halogens is 1. The summed E-state index contributed by atoms with van der Waals surface area (Å²) < 4.78 is 9.14. The molecule has 0 radical (unpaired) electrons. The van der Waals surface area contributed by atoms with Crippen molar-refractivity contribution in [3.63, 3.8) is 0 Å². The van der Waals surface area contributed by atoms with Gasteiger partial charge in [0, 0.05) is 32.1 Å². The molecule has 0 atom stereocenters. The Labute approximate surface area is 155 Å². The lowest BCUT2D eigenvalue weighted by Crippen LogP contribution is -2.27. The summed E-state index contributed by atoms with van der Waals surface area (Å²) in [7, 11) is 0. The van der Waals surface area contributed by atoms with E-state index >= 15 is 0 Å². The number of aryl methyl sites for hydroxylation is 3. The van der Waals surface area contributed by atoms with Crippen LogP contribution < -0.4 is 5.32 Å². The number of aromatic nitrogens is 6. The molecule has 0 aliphatic carbocycles. The third kappa shape index (κ3) is 4.48. The van der Waals surface area contributed by atoms with E-state index < -0.39 is 0 Å². The predicted octanol–water partition coefficient (Wildman–Crippen LogP) is 1.86. The van der Waals surface area contributed by atoms with Gasteiger partial charge < -0.3 is 9.73 Å². The minimum Gasteiger partial charge on any atom is -0.419 e. The summed E-state index contributed by atoms with van der Waals surface area (Å²) in [5, 5.41) is 19.9. The maximum atomic E-state index is 11.9. The van der Waals surface area contributed by atoms with Crippen molar-refractivity contribution < 1.29 is 9.21 Å². The zero-order valence-corrected chi connectivity index (χ0v) is 15.4. The van der Waals surface area contributed by atoms with Gasteiger partial charge in [0.15, 0.2) is 0 Å². The van der Waals surface area contributed by atoms with Crippen molar-refractivity contribution in [2.45, 2.75) is 39.8 Å². The van der Waals surface area contributed by atoms with Crippen LogP contribution in [0, 0.1) is 6.92 Å². The Bertz CT molecular complexity index is 883. The third-order valence-electron chi connectivity index (χ3n) is 3.72. The number of rotatable bonds is 8. The van der Waals surface area contributed by atoms with Crippen molar-refractivity contribution in [1.29, 1.82) is 0 Å². The molecule has 1 N–H and O–H groups in total. The molecule has 9 nitrogen and oxygen atoms in total. The molecule has 0 aliphatic heterocycles. The number of hydrogen-bond donors (Lipinski definition) is 1. The molecule has 3 heterocycles. The number of nitrogens with one attached hydrogen (secondary N) is 1. The maximum absolute atomic E-state index is 11.9. The molecule has 3 rings (SSSR count). The van der Waals surface area contributed by atoms with E-state index in [1.54, 1.807) is 21.8 Å². The standard InChI is InChI=1S/C16H20ClN7O2/c1-3-24-13(8-11(2)22-24)16-21-20-15(26-16)5-4-14(25)18-6-7-23-10-12(17)9-19-23/h8-10H,3-7H2,1-2H3,(H,18,25). The molecule has 3 aromatic rings. The Balaban J connectivity index is 1.47. The van der Waals surface area contributed by atoms with E-state index in [0.717, 1.165) is 11.4 Å². The summed E-state index contributed by atoms with van der Waals surface area (Å²) in [6, 6.07) is 1.90. The minimum absolute atomic E-state index is 0.0857. The maximum Gasteiger partial charge on any atom is 0.265 e. The van der Waals surface area contributed by atoms with Gasteiger partial charge in [-0.05, 0) is 19.9 Å². The van der Waals surface area contributed by atoms with Gasteiger partial charge in [-0.3, -0.25) is 14.2 Å². The van der Waals surface area contributed by atoms with Gasteiger partial charge in [0.05, 0.1) is 23.5 Å². The Morgan fingerprint density at radius 2 is 2.23 bits per heavy atom. The van der Waals surface area contributed by atoms with Crippen LogP contribution in [0.2, 0.25) is 5.02 Å². The zero-order valence-electron chi connectivity index (χ0n) is 14.6. The van der Waals surface area contributed by atoms with E-state index in [1.807, 2.05) is 19.9 Å². The van der Waals surface area contributed by atoms with Crippen LogP contribution >= 0.6 is 11.6 Å². The van der Waals surface area contributed by atoms with Gasteiger partial charge in [0.1, 0.15) is 5.69 Å². The third-order valence-corrected chi connectivity index (χ3v) is 3.91. The zero-order chi connectivity index (χ0) is 18.5. The second-order valence-electron chi connectivity index (χ2n) is 5.76. The lowest BCUT2D eigenvalue weighted by Gasteiger charge is -2.04. The van der Waals surface area contributed by atoms with Gasteiger partial charge in [-0.1, -0.05) is 11.6 Å². The normalized spacial score (nSPS) is 11.0. The highest BCUT2D eigenvalue weighted by Gasteiger charge is 2.15. The highest BCUT2D eigenvalue weighted by atomic mass is 35.5. The number of nitrogens with zero attached hydrogens (tertiary/aromatic N) is 6. The van der Waals surface area contributed by atoms with E-state index in [0.29, 0.717) is 42.9 Å².